The van der Waals surface area contributed by atoms with Crippen molar-refractivity contribution in [1.82, 2.24) is 15.1 Å². The van der Waals surface area contributed by atoms with E-state index in [0.717, 1.165) is 13.1 Å². The quantitative estimate of drug-likeness (QED) is 0.809. The monoisotopic (exact) mass is 277 g/mol. The van der Waals surface area contributed by atoms with Crippen molar-refractivity contribution in [3.63, 3.8) is 0 Å². The van der Waals surface area contributed by atoms with Gasteiger partial charge in [0.1, 0.15) is 5.75 Å². The fourth-order valence-corrected chi connectivity index (χ4v) is 2.15. The van der Waals surface area contributed by atoms with Crippen LogP contribution in [0.1, 0.15) is 10.4 Å². The van der Waals surface area contributed by atoms with Crippen LogP contribution in [0.25, 0.3) is 0 Å². The van der Waals surface area contributed by atoms with Gasteiger partial charge in [-0.05, 0) is 18.2 Å². The number of nitrogens with one attached hydrogen (secondary N) is 1. The van der Waals surface area contributed by atoms with Crippen molar-refractivity contribution in [2.45, 2.75) is 0 Å². The molecule has 2 rings (SSSR count). The van der Waals surface area contributed by atoms with E-state index >= 15 is 0 Å². The Balaban J connectivity index is 1.95. The zero-order valence-corrected chi connectivity index (χ0v) is 11.5. The van der Waals surface area contributed by atoms with E-state index in [1.54, 1.807) is 24.1 Å². The zero-order valence-electron chi connectivity index (χ0n) is 11.5. The predicted molar refractivity (Wildman–Crippen MR) is 74.5 cm³/mol. The minimum absolute atomic E-state index is 0.0395. The molecule has 6 heteroatoms. The third-order valence-corrected chi connectivity index (χ3v) is 3.28. The fourth-order valence-electron chi connectivity index (χ4n) is 2.15. The molecule has 1 aromatic rings. The summed E-state index contributed by atoms with van der Waals surface area (Å²) in [6.45, 7) is 2.97. The number of amides is 2. The third-order valence-electron chi connectivity index (χ3n) is 3.28. The van der Waals surface area contributed by atoms with Gasteiger partial charge in [-0.15, -0.1) is 0 Å². The van der Waals surface area contributed by atoms with Crippen LogP contribution in [0.2, 0.25) is 0 Å². The maximum Gasteiger partial charge on any atom is 0.254 e. The van der Waals surface area contributed by atoms with Gasteiger partial charge < -0.3 is 20.2 Å². The Morgan fingerprint density at radius 2 is 2.05 bits per heavy atom. The van der Waals surface area contributed by atoms with Crippen LogP contribution < -0.4 is 5.32 Å². The summed E-state index contributed by atoms with van der Waals surface area (Å²) in [4.78, 5) is 27.3. The maximum atomic E-state index is 12.1. The van der Waals surface area contributed by atoms with Crippen LogP contribution in [0.15, 0.2) is 24.3 Å². The second-order valence-corrected chi connectivity index (χ2v) is 4.84. The molecule has 2 N–H and O–H groups in total. The molecule has 0 bridgehead atoms. The Morgan fingerprint density at radius 1 is 1.35 bits per heavy atom. The molecule has 2 amide bonds. The van der Waals surface area contributed by atoms with Gasteiger partial charge in [0, 0.05) is 38.8 Å². The summed E-state index contributed by atoms with van der Waals surface area (Å²) in [5, 5.41) is 12.6. The van der Waals surface area contributed by atoms with E-state index in [9.17, 15) is 14.7 Å². The molecule has 0 atom stereocenters. The van der Waals surface area contributed by atoms with Crippen LogP contribution in [0.4, 0.5) is 0 Å². The SMILES string of the molecule is CN(CC(=O)N1CCNCC1)C(=O)c1cccc(O)c1. The largest absolute Gasteiger partial charge is 0.508 e. The van der Waals surface area contributed by atoms with Crippen molar-refractivity contribution < 1.29 is 14.7 Å². The van der Waals surface area contributed by atoms with E-state index in [1.807, 2.05) is 0 Å². The highest BCUT2D eigenvalue weighted by molar-refractivity contribution is 5.96. The number of hydrogen-bond acceptors (Lipinski definition) is 4. The molecule has 1 fully saturated rings. The Bertz CT molecular complexity index is 498. The number of carbonyl (C=O) groups excluding carboxylic acids is 2. The summed E-state index contributed by atoms with van der Waals surface area (Å²) in [5.74, 6) is -0.287. The first-order valence-corrected chi connectivity index (χ1v) is 6.61. The van der Waals surface area contributed by atoms with Crippen molar-refractivity contribution in [2.24, 2.45) is 0 Å². The lowest BCUT2D eigenvalue weighted by atomic mass is 10.2. The number of phenolic OH excluding ortho intramolecular Hbond substituents is 1. The number of benzene rings is 1. The summed E-state index contributed by atoms with van der Waals surface area (Å²) in [5.41, 5.74) is 0.376. The number of hydrogen-bond donors (Lipinski definition) is 2. The first kappa shape index (κ1) is 14.3. The smallest absolute Gasteiger partial charge is 0.254 e. The summed E-state index contributed by atoms with van der Waals surface area (Å²) in [6.07, 6.45) is 0. The van der Waals surface area contributed by atoms with Crippen LogP contribution >= 0.6 is 0 Å². The summed E-state index contributed by atoms with van der Waals surface area (Å²) >= 11 is 0. The fraction of sp³-hybridized carbons (Fsp3) is 0.429. The number of phenols is 1. The van der Waals surface area contributed by atoms with Crippen molar-refractivity contribution in [3.8, 4) is 5.75 Å². The van der Waals surface area contributed by atoms with Gasteiger partial charge in [-0.3, -0.25) is 9.59 Å². The van der Waals surface area contributed by atoms with Gasteiger partial charge in [0.05, 0.1) is 6.54 Å². The molecule has 1 aliphatic heterocycles. The molecule has 0 aromatic heterocycles. The molecular formula is C14H19N3O3. The van der Waals surface area contributed by atoms with Crippen molar-refractivity contribution in [3.05, 3.63) is 29.8 Å². The van der Waals surface area contributed by atoms with E-state index in [-0.39, 0.29) is 24.1 Å². The molecule has 6 nitrogen and oxygen atoms in total. The van der Waals surface area contributed by atoms with Crippen LogP contribution in [0.3, 0.4) is 0 Å². The van der Waals surface area contributed by atoms with E-state index < -0.39 is 0 Å². The standard InChI is InChI=1S/C14H19N3O3/c1-16(10-13(19)17-7-5-15-6-8-17)14(20)11-3-2-4-12(18)9-11/h2-4,9,15,18H,5-8,10H2,1H3. The summed E-state index contributed by atoms with van der Waals surface area (Å²) in [6, 6.07) is 6.12. The van der Waals surface area contributed by atoms with Crippen LogP contribution in [0, 0.1) is 0 Å². The minimum atomic E-state index is -0.274. The van der Waals surface area contributed by atoms with Crippen molar-refractivity contribution in [2.75, 3.05) is 39.8 Å². The van der Waals surface area contributed by atoms with Gasteiger partial charge in [-0.1, -0.05) is 6.07 Å². The molecule has 1 aromatic carbocycles. The van der Waals surface area contributed by atoms with Crippen LogP contribution in [0.5, 0.6) is 5.75 Å². The third kappa shape index (κ3) is 3.48. The number of likely N-dealkylation sites (N-methyl/N-ethyl adjacent to an activating group) is 1. The summed E-state index contributed by atoms with van der Waals surface area (Å²) in [7, 11) is 1.59. The molecule has 108 valence electrons. The number of carbonyl (C=O) groups is 2. The topological polar surface area (TPSA) is 72.9 Å². The van der Waals surface area contributed by atoms with E-state index in [2.05, 4.69) is 5.32 Å². The first-order valence-electron chi connectivity index (χ1n) is 6.61. The average Bonchev–Trinajstić information content (AvgIpc) is 2.47. The molecule has 1 saturated heterocycles. The molecule has 0 saturated carbocycles. The lowest BCUT2D eigenvalue weighted by molar-refractivity contribution is -0.132. The maximum absolute atomic E-state index is 12.1. The van der Waals surface area contributed by atoms with E-state index in [4.69, 9.17) is 0 Å². The Kier molecular flexibility index (Phi) is 4.57. The van der Waals surface area contributed by atoms with Gasteiger partial charge in [-0.2, -0.15) is 0 Å². The van der Waals surface area contributed by atoms with Crippen LogP contribution in [-0.4, -0.2) is 66.5 Å². The lowest BCUT2D eigenvalue weighted by Gasteiger charge is -2.29. The second-order valence-electron chi connectivity index (χ2n) is 4.84. The Labute approximate surface area is 118 Å². The number of nitrogens with zero attached hydrogens (tertiary/aromatic N) is 2. The average molecular weight is 277 g/mol. The Hall–Kier alpha value is -2.08. The highest BCUT2D eigenvalue weighted by Gasteiger charge is 2.20. The highest BCUT2D eigenvalue weighted by Crippen LogP contribution is 2.12. The van der Waals surface area contributed by atoms with E-state index in [0.29, 0.717) is 18.7 Å². The molecule has 0 radical (unpaired) electrons. The predicted octanol–water partition coefficient (Wildman–Crippen LogP) is -0.104. The van der Waals surface area contributed by atoms with E-state index in [1.165, 1.54) is 17.0 Å². The molecule has 0 aliphatic carbocycles. The minimum Gasteiger partial charge on any atom is -0.508 e. The van der Waals surface area contributed by atoms with Crippen molar-refractivity contribution in [1.29, 1.82) is 0 Å². The van der Waals surface area contributed by atoms with Crippen LogP contribution in [-0.2, 0) is 4.79 Å². The molecule has 1 heterocycles. The van der Waals surface area contributed by atoms with Gasteiger partial charge in [-0.25, -0.2) is 0 Å². The normalized spacial score (nSPS) is 14.9. The summed E-state index contributed by atoms with van der Waals surface area (Å²) < 4.78 is 0. The molecular weight excluding hydrogens is 258 g/mol. The second kappa shape index (κ2) is 6.38. The molecule has 20 heavy (non-hydrogen) atoms. The molecule has 0 unspecified atom stereocenters. The number of rotatable bonds is 3. The van der Waals surface area contributed by atoms with Gasteiger partial charge in [0.2, 0.25) is 5.91 Å². The van der Waals surface area contributed by atoms with Gasteiger partial charge in [0.15, 0.2) is 0 Å². The zero-order chi connectivity index (χ0) is 14.5. The first-order chi connectivity index (χ1) is 9.58. The van der Waals surface area contributed by atoms with Crippen molar-refractivity contribution >= 4 is 11.8 Å². The molecule has 1 aliphatic rings. The number of aromatic hydroxyl groups is 1. The highest BCUT2D eigenvalue weighted by atomic mass is 16.3. The van der Waals surface area contributed by atoms with Gasteiger partial charge in [0.25, 0.3) is 5.91 Å². The van der Waals surface area contributed by atoms with Gasteiger partial charge >= 0.3 is 0 Å². The molecule has 0 spiro atoms. The lowest BCUT2D eigenvalue weighted by Crippen LogP contribution is -2.49. The Morgan fingerprint density at radius 3 is 2.70 bits per heavy atom. The number of piperazine rings is 1.